The van der Waals surface area contributed by atoms with Crippen LogP contribution in [0.15, 0.2) is 53.0 Å². The molecular weight excluding hydrogens is 460 g/mol. The molecule has 1 atom stereocenters. The molecule has 0 aliphatic heterocycles. The van der Waals surface area contributed by atoms with Crippen LogP contribution in [0.1, 0.15) is 37.5 Å². The van der Waals surface area contributed by atoms with Gasteiger partial charge in [-0.25, -0.2) is 0 Å². The summed E-state index contributed by atoms with van der Waals surface area (Å²) in [6.07, 6.45) is 0. The average molecular weight is 491 g/mol. The summed E-state index contributed by atoms with van der Waals surface area (Å²) in [5.74, 6) is 1.33. The first-order chi connectivity index (χ1) is 14.3. The van der Waals surface area contributed by atoms with E-state index in [0.29, 0.717) is 24.8 Å². The molecule has 0 radical (unpaired) electrons. The van der Waals surface area contributed by atoms with Crippen LogP contribution in [-0.4, -0.2) is 35.1 Å². The second-order valence-electron chi connectivity index (χ2n) is 7.88. The Bertz CT molecular complexity index is 839. The van der Waals surface area contributed by atoms with Gasteiger partial charge >= 0.3 is 0 Å². The molecule has 1 unspecified atom stereocenters. The van der Waals surface area contributed by atoms with Crippen LogP contribution in [-0.2, 0) is 21.9 Å². The third-order valence-corrected chi connectivity index (χ3v) is 6.38. The molecule has 162 valence electrons. The van der Waals surface area contributed by atoms with Crippen LogP contribution >= 0.6 is 27.7 Å². The average Bonchev–Trinajstić information content (AvgIpc) is 2.72. The lowest BCUT2D eigenvalue weighted by atomic mass is 10.1. The van der Waals surface area contributed by atoms with Gasteiger partial charge in [-0.05, 0) is 48.6 Å². The fraction of sp³-hybridized carbons (Fsp3) is 0.417. The van der Waals surface area contributed by atoms with E-state index in [4.69, 9.17) is 0 Å². The summed E-state index contributed by atoms with van der Waals surface area (Å²) >= 11 is 5.01. The van der Waals surface area contributed by atoms with Gasteiger partial charge in [0.25, 0.3) is 0 Å². The lowest BCUT2D eigenvalue weighted by molar-refractivity contribution is -0.138. The van der Waals surface area contributed by atoms with Gasteiger partial charge in [0, 0.05) is 23.3 Å². The van der Waals surface area contributed by atoms with Crippen molar-refractivity contribution >= 4 is 39.5 Å². The Morgan fingerprint density at radius 2 is 1.73 bits per heavy atom. The predicted molar refractivity (Wildman–Crippen MR) is 129 cm³/mol. The molecule has 30 heavy (non-hydrogen) atoms. The molecule has 0 aromatic heterocycles. The number of rotatable bonds is 10. The highest BCUT2D eigenvalue weighted by molar-refractivity contribution is 9.10. The zero-order chi connectivity index (χ0) is 22.1. The third-order valence-electron chi connectivity index (χ3n) is 4.86. The maximum atomic E-state index is 13.1. The summed E-state index contributed by atoms with van der Waals surface area (Å²) in [7, 11) is 0. The normalized spacial score (nSPS) is 11.9. The minimum Gasteiger partial charge on any atom is -0.354 e. The minimum absolute atomic E-state index is 0.0208. The summed E-state index contributed by atoms with van der Waals surface area (Å²) in [5, 5.41) is 2.96. The van der Waals surface area contributed by atoms with Crippen molar-refractivity contribution in [3.05, 3.63) is 69.7 Å². The number of thioether (sulfide) groups is 1. The summed E-state index contributed by atoms with van der Waals surface area (Å²) in [6, 6.07) is 15.6. The Morgan fingerprint density at radius 1 is 1.07 bits per heavy atom. The second-order valence-corrected chi connectivity index (χ2v) is 9.78. The van der Waals surface area contributed by atoms with Gasteiger partial charge in [0.1, 0.15) is 6.04 Å². The van der Waals surface area contributed by atoms with Gasteiger partial charge in [0.2, 0.25) is 11.8 Å². The number of hydrogen-bond acceptors (Lipinski definition) is 3. The van der Waals surface area contributed by atoms with Crippen molar-refractivity contribution in [3.8, 4) is 0 Å². The lowest BCUT2D eigenvalue weighted by Gasteiger charge is -2.29. The van der Waals surface area contributed by atoms with E-state index in [0.717, 1.165) is 21.4 Å². The zero-order valence-electron chi connectivity index (χ0n) is 18.2. The highest BCUT2D eigenvalue weighted by Crippen LogP contribution is 2.19. The fourth-order valence-electron chi connectivity index (χ4n) is 2.93. The van der Waals surface area contributed by atoms with E-state index in [9.17, 15) is 9.59 Å². The predicted octanol–water partition coefficient (Wildman–Crippen LogP) is 5.18. The Balaban J connectivity index is 2.06. The lowest BCUT2D eigenvalue weighted by Crippen LogP contribution is -2.48. The molecule has 2 aromatic carbocycles. The van der Waals surface area contributed by atoms with Gasteiger partial charge in [-0.3, -0.25) is 9.59 Å². The Hall–Kier alpha value is -1.79. The number of halogens is 1. The van der Waals surface area contributed by atoms with Crippen molar-refractivity contribution in [3.63, 3.8) is 0 Å². The molecule has 6 heteroatoms. The number of nitrogens with zero attached hydrogens (tertiary/aromatic N) is 1. The van der Waals surface area contributed by atoms with Crippen LogP contribution in [0.2, 0.25) is 0 Å². The van der Waals surface area contributed by atoms with Crippen molar-refractivity contribution in [2.24, 2.45) is 5.92 Å². The molecule has 0 spiro atoms. The van der Waals surface area contributed by atoms with Crippen LogP contribution in [0.4, 0.5) is 0 Å². The Morgan fingerprint density at radius 3 is 2.37 bits per heavy atom. The molecule has 0 aliphatic carbocycles. The Kier molecular flexibility index (Phi) is 9.92. The van der Waals surface area contributed by atoms with Crippen molar-refractivity contribution in [1.82, 2.24) is 10.2 Å². The monoisotopic (exact) mass is 490 g/mol. The maximum absolute atomic E-state index is 13.1. The first kappa shape index (κ1) is 24.5. The van der Waals surface area contributed by atoms with Crippen LogP contribution < -0.4 is 5.32 Å². The number of carbonyl (C=O) groups excluding carboxylic acids is 2. The molecule has 2 aromatic rings. The minimum atomic E-state index is -0.524. The number of carbonyl (C=O) groups is 2. The largest absolute Gasteiger partial charge is 0.354 e. The van der Waals surface area contributed by atoms with E-state index < -0.39 is 6.04 Å². The van der Waals surface area contributed by atoms with Crippen molar-refractivity contribution in [2.45, 2.75) is 46.0 Å². The van der Waals surface area contributed by atoms with E-state index in [1.807, 2.05) is 50.2 Å². The summed E-state index contributed by atoms with van der Waals surface area (Å²) in [4.78, 5) is 27.5. The SMILES string of the molecule is Cc1ccccc1CN(C(=O)CSCc1ccc(Br)cc1)C(C)C(=O)NCC(C)C. The molecule has 0 fully saturated rings. The van der Waals surface area contributed by atoms with Gasteiger partial charge in [-0.15, -0.1) is 11.8 Å². The number of benzene rings is 2. The van der Waals surface area contributed by atoms with Gasteiger partial charge in [0.15, 0.2) is 0 Å². The molecule has 0 saturated heterocycles. The molecule has 4 nitrogen and oxygen atoms in total. The summed E-state index contributed by atoms with van der Waals surface area (Å²) < 4.78 is 1.04. The number of aryl methyl sites for hydroxylation is 1. The van der Waals surface area contributed by atoms with E-state index >= 15 is 0 Å². The third kappa shape index (κ3) is 7.80. The topological polar surface area (TPSA) is 49.4 Å². The molecule has 0 saturated carbocycles. The van der Waals surface area contributed by atoms with Crippen LogP contribution in [0.3, 0.4) is 0 Å². The highest BCUT2D eigenvalue weighted by Gasteiger charge is 2.26. The Labute approximate surface area is 192 Å². The molecular formula is C24H31BrN2O2S. The number of nitrogens with one attached hydrogen (secondary N) is 1. The summed E-state index contributed by atoms with van der Waals surface area (Å²) in [6.45, 7) is 8.99. The quantitative estimate of drug-likeness (QED) is 0.498. The van der Waals surface area contributed by atoms with Gasteiger partial charge in [-0.2, -0.15) is 0 Å². The number of amides is 2. The van der Waals surface area contributed by atoms with E-state index in [-0.39, 0.29) is 11.8 Å². The molecule has 0 aliphatic rings. The fourth-order valence-corrected chi connectivity index (χ4v) is 4.06. The number of hydrogen-bond donors (Lipinski definition) is 1. The van der Waals surface area contributed by atoms with Gasteiger partial charge in [-0.1, -0.05) is 66.2 Å². The van der Waals surface area contributed by atoms with Crippen LogP contribution in [0.25, 0.3) is 0 Å². The van der Waals surface area contributed by atoms with Gasteiger partial charge < -0.3 is 10.2 Å². The standard InChI is InChI=1S/C24H31BrN2O2S/c1-17(2)13-26-24(29)19(4)27(14-21-8-6-5-7-18(21)3)23(28)16-30-15-20-9-11-22(25)12-10-20/h5-12,17,19H,13-16H2,1-4H3,(H,26,29). The van der Waals surface area contributed by atoms with E-state index in [2.05, 4.69) is 47.2 Å². The maximum Gasteiger partial charge on any atom is 0.242 e. The molecule has 0 heterocycles. The molecule has 2 rings (SSSR count). The van der Waals surface area contributed by atoms with E-state index in [1.165, 1.54) is 5.56 Å². The van der Waals surface area contributed by atoms with Gasteiger partial charge in [0.05, 0.1) is 5.75 Å². The second kappa shape index (κ2) is 12.2. The van der Waals surface area contributed by atoms with Crippen LogP contribution in [0, 0.1) is 12.8 Å². The van der Waals surface area contributed by atoms with Crippen molar-refractivity contribution in [2.75, 3.05) is 12.3 Å². The first-order valence-corrected chi connectivity index (χ1v) is 12.2. The van der Waals surface area contributed by atoms with Crippen molar-refractivity contribution < 1.29 is 9.59 Å². The first-order valence-electron chi connectivity index (χ1n) is 10.2. The van der Waals surface area contributed by atoms with Crippen LogP contribution in [0.5, 0.6) is 0 Å². The molecule has 0 bridgehead atoms. The summed E-state index contributed by atoms with van der Waals surface area (Å²) in [5.41, 5.74) is 3.35. The molecule has 2 amide bonds. The zero-order valence-corrected chi connectivity index (χ0v) is 20.6. The highest BCUT2D eigenvalue weighted by atomic mass is 79.9. The molecule has 1 N–H and O–H groups in total. The smallest absolute Gasteiger partial charge is 0.242 e. The van der Waals surface area contributed by atoms with Crippen molar-refractivity contribution in [1.29, 1.82) is 0 Å². The van der Waals surface area contributed by atoms with E-state index in [1.54, 1.807) is 16.7 Å².